The molecule has 1 aliphatic carbocycles. The number of amides is 2. The van der Waals surface area contributed by atoms with Gasteiger partial charge in [-0.3, -0.25) is 14.5 Å². The van der Waals surface area contributed by atoms with Gasteiger partial charge >= 0.3 is 5.97 Å². The molecule has 2 heterocycles. The van der Waals surface area contributed by atoms with Gasteiger partial charge in [-0.2, -0.15) is 0 Å². The molecule has 2 amide bonds. The van der Waals surface area contributed by atoms with Gasteiger partial charge in [-0.25, -0.2) is 4.79 Å². The van der Waals surface area contributed by atoms with E-state index in [1.807, 2.05) is 30.3 Å². The van der Waals surface area contributed by atoms with E-state index in [2.05, 4.69) is 19.2 Å². The minimum atomic E-state index is -1.06. The first-order valence-corrected chi connectivity index (χ1v) is 9.52. The minimum absolute atomic E-state index is 0.00399. The van der Waals surface area contributed by atoms with Crippen LogP contribution < -0.4 is 5.32 Å². The number of β-lactam (4-membered cyclic amide) rings is 1. The predicted octanol–water partition coefficient (Wildman–Crippen LogP) is 1.77. The summed E-state index contributed by atoms with van der Waals surface area (Å²) in [5.41, 5.74) is 1.84. The highest BCUT2D eigenvalue weighted by molar-refractivity contribution is 8.01. The standard InChI is InChI=1S/C19H20N2O4S/c1-19(2)9-11-14(18(24)25)21-16(23)13(17(21)26-15(11)19)20-12(22)8-10-6-4-3-5-7-10/h3-7,13,15,17H,8-9H2,1-2H3,(H,20,22)(H,24,25)/t13-,15+,17-/m1/s1. The Labute approximate surface area is 155 Å². The molecule has 0 bridgehead atoms. The first kappa shape index (κ1) is 17.1. The van der Waals surface area contributed by atoms with Gasteiger partial charge in [-0.15, -0.1) is 11.8 Å². The van der Waals surface area contributed by atoms with Gasteiger partial charge in [-0.1, -0.05) is 44.2 Å². The minimum Gasteiger partial charge on any atom is -0.477 e. The second-order valence-corrected chi connectivity index (χ2v) is 8.89. The maximum absolute atomic E-state index is 12.5. The second-order valence-electron chi connectivity index (χ2n) is 7.67. The number of thioether (sulfide) groups is 1. The molecule has 0 radical (unpaired) electrons. The average molecular weight is 372 g/mol. The molecule has 6 nitrogen and oxygen atoms in total. The highest BCUT2D eigenvalue weighted by atomic mass is 32.2. The summed E-state index contributed by atoms with van der Waals surface area (Å²) >= 11 is 1.59. The number of benzene rings is 1. The maximum atomic E-state index is 12.5. The van der Waals surface area contributed by atoms with Crippen LogP contribution in [0.3, 0.4) is 0 Å². The molecule has 3 atom stereocenters. The molecule has 1 saturated carbocycles. The van der Waals surface area contributed by atoms with E-state index >= 15 is 0 Å². The molecule has 1 aromatic carbocycles. The van der Waals surface area contributed by atoms with Gasteiger partial charge in [0.15, 0.2) is 0 Å². The van der Waals surface area contributed by atoms with Crippen LogP contribution >= 0.6 is 11.8 Å². The monoisotopic (exact) mass is 372 g/mol. The smallest absolute Gasteiger partial charge is 0.352 e. The van der Waals surface area contributed by atoms with Gasteiger partial charge in [0.2, 0.25) is 5.91 Å². The normalized spacial score (nSPS) is 28.5. The Morgan fingerprint density at radius 2 is 2.00 bits per heavy atom. The highest BCUT2D eigenvalue weighted by Gasteiger charge is 2.61. The van der Waals surface area contributed by atoms with Crippen LogP contribution in [0.15, 0.2) is 41.6 Å². The highest BCUT2D eigenvalue weighted by Crippen LogP contribution is 2.59. The molecule has 1 aromatic rings. The summed E-state index contributed by atoms with van der Waals surface area (Å²) in [6, 6.07) is 8.66. The first-order valence-electron chi connectivity index (χ1n) is 8.58. The number of hydrogen-bond donors (Lipinski definition) is 2. The summed E-state index contributed by atoms with van der Waals surface area (Å²) in [6.07, 6.45) is 0.887. The number of rotatable bonds is 4. The third-order valence-electron chi connectivity index (χ3n) is 5.26. The van der Waals surface area contributed by atoms with Crippen molar-refractivity contribution in [2.75, 3.05) is 0 Å². The Balaban J connectivity index is 1.51. The lowest BCUT2D eigenvalue weighted by Gasteiger charge is -2.58. The third kappa shape index (κ3) is 2.53. The van der Waals surface area contributed by atoms with E-state index in [0.29, 0.717) is 6.42 Å². The quantitative estimate of drug-likeness (QED) is 0.787. The molecule has 0 aromatic heterocycles. The first-order chi connectivity index (χ1) is 12.3. The van der Waals surface area contributed by atoms with Crippen molar-refractivity contribution in [2.24, 2.45) is 5.41 Å². The fraction of sp³-hybridized carbons (Fsp3) is 0.421. The Morgan fingerprint density at radius 3 is 2.62 bits per heavy atom. The molecular formula is C19H20N2O4S. The number of nitrogens with zero attached hydrogens (tertiary/aromatic N) is 1. The Morgan fingerprint density at radius 1 is 1.31 bits per heavy atom. The zero-order chi connectivity index (χ0) is 18.6. The van der Waals surface area contributed by atoms with Crippen molar-refractivity contribution in [2.45, 2.75) is 43.4 Å². The van der Waals surface area contributed by atoms with Crippen LogP contribution in [-0.2, 0) is 20.8 Å². The number of carboxylic acid groups (broad SMARTS) is 1. The number of carbonyl (C=O) groups excluding carboxylic acids is 2. The van der Waals surface area contributed by atoms with Crippen molar-refractivity contribution in [3.05, 3.63) is 47.2 Å². The van der Waals surface area contributed by atoms with Gasteiger partial charge in [-0.05, 0) is 23.0 Å². The van der Waals surface area contributed by atoms with Gasteiger partial charge in [0.1, 0.15) is 17.1 Å². The SMILES string of the molecule is CC1(C)CC2=C(C(=O)O)N3C(=O)[C@@H](NC(=O)Cc4ccccc4)[C@H]3S[C@@H]21. The van der Waals surface area contributed by atoms with Gasteiger partial charge in [0.25, 0.3) is 5.91 Å². The number of carbonyl (C=O) groups is 3. The number of aliphatic carboxylic acids is 1. The van der Waals surface area contributed by atoms with Crippen LogP contribution in [0, 0.1) is 5.41 Å². The van der Waals surface area contributed by atoms with Gasteiger partial charge in [0.05, 0.1) is 6.42 Å². The molecule has 2 fully saturated rings. The number of nitrogens with one attached hydrogen (secondary N) is 1. The van der Waals surface area contributed by atoms with Crippen molar-refractivity contribution in [1.82, 2.24) is 10.2 Å². The third-order valence-corrected chi connectivity index (χ3v) is 7.22. The fourth-order valence-corrected chi connectivity index (χ4v) is 5.77. The topological polar surface area (TPSA) is 86.7 Å². The average Bonchev–Trinajstić information content (AvgIpc) is 2.58. The van der Waals surface area contributed by atoms with E-state index in [9.17, 15) is 19.5 Å². The lowest BCUT2D eigenvalue weighted by molar-refractivity contribution is -0.151. The second kappa shape index (κ2) is 5.87. The summed E-state index contributed by atoms with van der Waals surface area (Å²) < 4.78 is 0. The van der Waals surface area contributed by atoms with Gasteiger partial charge < -0.3 is 10.4 Å². The number of hydrogen-bond acceptors (Lipinski definition) is 4. The Hall–Kier alpha value is -2.28. The van der Waals surface area contributed by atoms with Crippen LogP contribution in [0.1, 0.15) is 25.8 Å². The molecule has 0 unspecified atom stereocenters. The number of fused-ring (bicyclic) bond motifs is 2. The maximum Gasteiger partial charge on any atom is 0.352 e. The lowest BCUT2D eigenvalue weighted by atomic mass is 9.66. The van der Waals surface area contributed by atoms with Crippen molar-refractivity contribution in [3.8, 4) is 0 Å². The number of carboxylic acids is 1. The van der Waals surface area contributed by atoms with Crippen LogP contribution in [0.5, 0.6) is 0 Å². The van der Waals surface area contributed by atoms with E-state index in [0.717, 1.165) is 11.1 Å². The molecule has 2 aliphatic heterocycles. The summed E-state index contributed by atoms with van der Waals surface area (Å²) in [6.45, 7) is 4.21. The lowest BCUT2D eigenvalue weighted by Crippen LogP contribution is -2.72. The van der Waals surface area contributed by atoms with Crippen LogP contribution in [0.2, 0.25) is 0 Å². The Bertz CT molecular complexity index is 833. The van der Waals surface area contributed by atoms with Crippen LogP contribution in [0.25, 0.3) is 0 Å². The van der Waals surface area contributed by atoms with E-state index in [-0.39, 0.29) is 40.0 Å². The molecule has 0 spiro atoms. The summed E-state index contributed by atoms with van der Waals surface area (Å²) in [7, 11) is 0. The van der Waals surface area contributed by atoms with Crippen molar-refractivity contribution in [1.29, 1.82) is 0 Å². The summed E-state index contributed by atoms with van der Waals surface area (Å²) in [4.78, 5) is 37.9. The molecule has 26 heavy (non-hydrogen) atoms. The zero-order valence-corrected chi connectivity index (χ0v) is 15.4. The molecule has 3 aliphatic rings. The van der Waals surface area contributed by atoms with E-state index in [1.54, 1.807) is 11.8 Å². The molecular weight excluding hydrogens is 352 g/mol. The van der Waals surface area contributed by atoms with E-state index in [4.69, 9.17) is 0 Å². The molecule has 136 valence electrons. The van der Waals surface area contributed by atoms with Crippen molar-refractivity contribution in [3.63, 3.8) is 0 Å². The molecule has 4 rings (SSSR count). The van der Waals surface area contributed by atoms with E-state index in [1.165, 1.54) is 4.90 Å². The fourth-order valence-electron chi connectivity index (χ4n) is 4.01. The Kier molecular flexibility index (Phi) is 3.87. The molecule has 7 heteroatoms. The van der Waals surface area contributed by atoms with Crippen molar-refractivity contribution < 1.29 is 19.5 Å². The molecule has 1 saturated heterocycles. The van der Waals surface area contributed by atoms with Gasteiger partial charge in [0, 0.05) is 5.25 Å². The van der Waals surface area contributed by atoms with Crippen LogP contribution in [-0.4, -0.2) is 44.5 Å². The largest absolute Gasteiger partial charge is 0.477 e. The summed E-state index contributed by atoms with van der Waals surface area (Å²) in [5, 5.41) is 12.1. The van der Waals surface area contributed by atoms with E-state index < -0.39 is 12.0 Å². The zero-order valence-electron chi connectivity index (χ0n) is 14.6. The summed E-state index contributed by atoms with van der Waals surface area (Å²) in [5.74, 6) is -1.63. The van der Waals surface area contributed by atoms with Crippen molar-refractivity contribution >= 4 is 29.5 Å². The predicted molar refractivity (Wildman–Crippen MR) is 97.1 cm³/mol. The van der Waals surface area contributed by atoms with Crippen LogP contribution in [0.4, 0.5) is 0 Å². The molecule has 2 N–H and O–H groups in total.